The summed E-state index contributed by atoms with van der Waals surface area (Å²) in [6.07, 6.45) is 1.49. The first-order valence-corrected chi connectivity index (χ1v) is 6.98. The molecule has 120 valence electrons. The van der Waals surface area contributed by atoms with Crippen LogP contribution in [0.1, 0.15) is 29.1 Å². The van der Waals surface area contributed by atoms with E-state index in [2.05, 4.69) is 5.32 Å². The number of nitro groups is 1. The molecular weight excluding hydrogens is 304 g/mol. The van der Waals surface area contributed by atoms with Gasteiger partial charge in [-0.3, -0.25) is 14.9 Å². The molecule has 1 aromatic heterocycles. The molecule has 1 aliphatic heterocycles. The van der Waals surface area contributed by atoms with Crippen LogP contribution in [-0.4, -0.2) is 24.0 Å². The van der Waals surface area contributed by atoms with Gasteiger partial charge in [-0.2, -0.15) is 0 Å². The van der Waals surface area contributed by atoms with Crippen LogP contribution in [-0.2, 0) is 0 Å². The molecule has 1 aromatic carbocycles. The number of hydrogen-bond donors (Lipinski definition) is 1. The van der Waals surface area contributed by atoms with Crippen LogP contribution in [0.15, 0.2) is 34.9 Å². The monoisotopic (exact) mass is 318 g/mol. The predicted molar refractivity (Wildman–Crippen MR) is 78.7 cm³/mol. The summed E-state index contributed by atoms with van der Waals surface area (Å²) in [5, 5.41) is 13.9. The van der Waals surface area contributed by atoms with Gasteiger partial charge in [0.2, 0.25) is 0 Å². The molecule has 0 saturated heterocycles. The highest BCUT2D eigenvalue weighted by Crippen LogP contribution is 2.36. The quantitative estimate of drug-likeness (QED) is 0.686. The Morgan fingerprint density at radius 1 is 1.30 bits per heavy atom. The fraction of sp³-hybridized carbons (Fsp3) is 0.267. The van der Waals surface area contributed by atoms with Crippen molar-refractivity contribution in [3.8, 4) is 11.5 Å². The van der Waals surface area contributed by atoms with Crippen LogP contribution in [0, 0.1) is 10.1 Å². The molecule has 8 heteroatoms. The zero-order valence-electron chi connectivity index (χ0n) is 12.3. The maximum Gasteiger partial charge on any atom is 0.286 e. The van der Waals surface area contributed by atoms with Gasteiger partial charge in [0.1, 0.15) is 24.5 Å². The third kappa shape index (κ3) is 2.96. The second kappa shape index (κ2) is 5.99. The van der Waals surface area contributed by atoms with Gasteiger partial charge >= 0.3 is 0 Å². The summed E-state index contributed by atoms with van der Waals surface area (Å²) >= 11 is 0. The van der Waals surface area contributed by atoms with Crippen LogP contribution in [0.25, 0.3) is 0 Å². The summed E-state index contributed by atoms with van der Waals surface area (Å²) in [7, 11) is 0. The molecular formula is C15H14N2O6. The minimum atomic E-state index is -0.620. The van der Waals surface area contributed by atoms with E-state index >= 15 is 0 Å². The number of amides is 1. The minimum absolute atomic E-state index is 0.0855. The van der Waals surface area contributed by atoms with Gasteiger partial charge < -0.3 is 19.2 Å². The smallest absolute Gasteiger partial charge is 0.286 e. The molecule has 0 spiro atoms. The number of benzene rings is 1. The van der Waals surface area contributed by atoms with Crippen molar-refractivity contribution in [2.45, 2.75) is 13.0 Å². The Kier molecular flexibility index (Phi) is 3.88. The zero-order chi connectivity index (χ0) is 16.4. The molecule has 1 aliphatic rings. The van der Waals surface area contributed by atoms with Crippen molar-refractivity contribution in [3.63, 3.8) is 0 Å². The lowest BCUT2D eigenvalue weighted by atomic mass is 10.1. The molecule has 0 radical (unpaired) electrons. The highest BCUT2D eigenvalue weighted by Gasteiger charge is 2.27. The molecule has 0 fully saturated rings. The Morgan fingerprint density at radius 3 is 2.61 bits per heavy atom. The second-order valence-electron chi connectivity index (χ2n) is 4.98. The van der Waals surface area contributed by atoms with E-state index in [-0.39, 0.29) is 17.0 Å². The predicted octanol–water partition coefficient (Wildman–Crippen LogP) is 2.45. The molecule has 0 aliphatic carbocycles. The van der Waals surface area contributed by atoms with Crippen LogP contribution in [0.2, 0.25) is 0 Å². The molecule has 23 heavy (non-hydrogen) atoms. The summed E-state index contributed by atoms with van der Waals surface area (Å²) in [6.45, 7) is 2.36. The van der Waals surface area contributed by atoms with E-state index in [1.807, 2.05) is 0 Å². The standard InChI is InChI=1S/C15H14N2O6/c1-9(12-3-2-4-21-12)16-15(18)10-7-13-14(23-6-5-22-13)8-11(10)17(19)20/h2-4,7-9H,5-6H2,1H3,(H,16,18). The maximum absolute atomic E-state index is 12.4. The van der Waals surface area contributed by atoms with Crippen LogP contribution in [0.4, 0.5) is 5.69 Å². The molecule has 2 heterocycles. The van der Waals surface area contributed by atoms with Gasteiger partial charge in [0, 0.05) is 6.07 Å². The molecule has 2 aromatic rings. The lowest BCUT2D eigenvalue weighted by molar-refractivity contribution is -0.385. The lowest BCUT2D eigenvalue weighted by Crippen LogP contribution is -2.27. The molecule has 1 atom stereocenters. The topological polar surface area (TPSA) is 104 Å². The fourth-order valence-electron chi connectivity index (χ4n) is 2.29. The molecule has 1 N–H and O–H groups in total. The Morgan fingerprint density at radius 2 is 2.00 bits per heavy atom. The number of carbonyl (C=O) groups excluding carboxylic acids is 1. The Hall–Kier alpha value is -3.03. The number of nitrogens with zero attached hydrogens (tertiary/aromatic N) is 1. The summed E-state index contributed by atoms with van der Waals surface area (Å²) in [4.78, 5) is 23.0. The largest absolute Gasteiger partial charge is 0.486 e. The van der Waals surface area contributed by atoms with Gasteiger partial charge in [-0.15, -0.1) is 0 Å². The summed E-state index contributed by atoms with van der Waals surface area (Å²) in [6, 6.07) is 5.52. The van der Waals surface area contributed by atoms with E-state index in [0.717, 1.165) is 0 Å². The van der Waals surface area contributed by atoms with Crippen LogP contribution in [0.5, 0.6) is 11.5 Å². The third-order valence-corrected chi connectivity index (χ3v) is 3.42. The Balaban J connectivity index is 1.91. The van der Waals surface area contributed by atoms with Crippen molar-refractivity contribution < 1.29 is 23.6 Å². The Bertz CT molecular complexity index is 741. The highest BCUT2D eigenvalue weighted by atomic mass is 16.6. The van der Waals surface area contributed by atoms with E-state index < -0.39 is 16.9 Å². The SMILES string of the molecule is CC(NC(=O)c1cc2c(cc1[N+](=O)[O-])OCCO2)c1ccco1. The van der Waals surface area contributed by atoms with E-state index in [4.69, 9.17) is 13.9 Å². The van der Waals surface area contributed by atoms with Gasteiger partial charge in [0.15, 0.2) is 11.5 Å². The lowest BCUT2D eigenvalue weighted by Gasteiger charge is -2.19. The van der Waals surface area contributed by atoms with Crippen molar-refractivity contribution in [2.75, 3.05) is 13.2 Å². The first-order chi connectivity index (χ1) is 11.1. The van der Waals surface area contributed by atoms with Gasteiger partial charge in [0.25, 0.3) is 11.6 Å². The van der Waals surface area contributed by atoms with Gasteiger partial charge in [-0.1, -0.05) is 0 Å². The summed E-state index contributed by atoms with van der Waals surface area (Å²) < 4.78 is 15.9. The van der Waals surface area contributed by atoms with E-state index in [9.17, 15) is 14.9 Å². The molecule has 1 amide bonds. The first-order valence-electron chi connectivity index (χ1n) is 6.98. The fourth-order valence-corrected chi connectivity index (χ4v) is 2.29. The average Bonchev–Trinajstić information content (AvgIpc) is 3.08. The molecule has 8 nitrogen and oxygen atoms in total. The molecule has 3 rings (SSSR count). The van der Waals surface area contributed by atoms with Crippen LogP contribution >= 0.6 is 0 Å². The number of furan rings is 1. The number of rotatable bonds is 4. The van der Waals surface area contributed by atoms with Gasteiger partial charge in [-0.25, -0.2) is 0 Å². The second-order valence-corrected chi connectivity index (χ2v) is 4.98. The van der Waals surface area contributed by atoms with E-state index in [0.29, 0.717) is 24.7 Å². The van der Waals surface area contributed by atoms with Crippen LogP contribution < -0.4 is 14.8 Å². The molecule has 1 unspecified atom stereocenters. The minimum Gasteiger partial charge on any atom is -0.486 e. The van der Waals surface area contributed by atoms with E-state index in [1.54, 1.807) is 19.1 Å². The molecule has 0 bridgehead atoms. The van der Waals surface area contributed by atoms with Crippen molar-refractivity contribution in [3.05, 3.63) is 52.0 Å². The van der Waals surface area contributed by atoms with Gasteiger partial charge in [0.05, 0.1) is 23.3 Å². The summed E-state index contributed by atoms with van der Waals surface area (Å²) in [5.41, 5.74) is -0.420. The molecule has 0 saturated carbocycles. The van der Waals surface area contributed by atoms with Gasteiger partial charge in [-0.05, 0) is 19.1 Å². The number of nitrogens with one attached hydrogen (secondary N) is 1. The van der Waals surface area contributed by atoms with Crippen molar-refractivity contribution in [2.24, 2.45) is 0 Å². The highest BCUT2D eigenvalue weighted by molar-refractivity contribution is 5.99. The number of ether oxygens (including phenoxy) is 2. The van der Waals surface area contributed by atoms with E-state index in [1.165, 1.54) is 18.4 Å². The first kappa shape index (κ1) is 14.9. The normalized spacial score (nSPS) is 14.1. The Labute approximate surface area is 131 Å². The maximum atomic E-state index is 12.4. The van der Waals surface area contributed by atoms with Crippen molar-refractivity contribution in [1.29, 1.82) is 0 Å². The number of nitro benzene ring substituents is 1. The number of fused-ring (bicyclic) bond motifs is 1. The number of carbonyl (C=O) groups is 1. The van der Waals surface area contributed by atoms with Crippen molar-refractivity contribution >= 4 is 11.6 Å². The number of hydrogen-bond acceptors (Lipinski definition) is 6. The third-order valence-electron chi connectivity index (χ3n) is 3.42. The van der Waals surface area contributed by atoms with Crippen LogP contribution in [0.3, 0.4) is 0 Å². The van der Waals surface area contributed by atoms with Crippen molar-refractivity contribution in [1.82, 2.24) is 5.32 Å². The summed E-state index contributed by atoms with van der Waals surface area (Å²) in [5.74, 6) is 0.548. The average molecular weight is 318 g/mol. The zero-order valence-corrected chi connectivity index (χ0v) is 12.3.